The Morgan fingerprint density at radius 2 is 1.96 bits per heavy atom. The molecule has 0 unspecified atom stereocenters. The van der Waals surface area contributed by atoms with Crippen molar-refractivity contribution in [2.75, 3.05) is 26.0 Å². The van der Waals surface area contributed by atoms with Crippen LogP contribution in [0.1, 0.15) is 42.5 Å². The summed E-state index contributed by atoms with van der Waals surface area (Å²) in [6.45, 7) is 0.487. The SMILES string of the molecule is CN(C)[C@H](CNC(=O)Nc1cc(C(N)=O)ccc1F)C1CCCCC1. The fourth-order valence-corrected chi connectivity index (χ4v) is 3.43. The number of hydrogen-bond donors (Lipinski definition) is 3. The second-order valence-corrected chi connectivity index (χ2v) is 6.82. The Labute approximate surface area is 147 Å². The van der Waals surface area contributed by atoms with Crippen LogP contribution in [0.4, 0.5) is 14.9 Å². The lowest BCUT2D eigenvalue weighted by Crippen LogP contribution is -2.46. The summed E-state index contributed by atoms with van der Waals surface area (Å²) in [5, 5.41) is 5.26. The van der Waals surface area contributed by atoms with Gasteiger partial charge in [-0.3, -0.25) is 4.79 Å². The first kappa shape index (κ1) is 19.2. The first-order chi connectivity index (χ1) is 11.9. The van der Waals surface area contributed by atoms with E-state index in [-0.39, 0.29) is 17.3 Å². The quantitative estimate of drug-likeness (QED) is 0.737. The average molecular weight is 350 g/mol. The molecule has 0 saturated heterocycles. The third-order valence-electron chi connectivity index (χ3n) is 4.83. The number of likely N-dealkylation sites (N-methyl/N-ethyl adjacent to an activating group) is 1. The molecule has 1 aromatic rings. The molecular weight excluding hydrogens is 323 g/mol. The van der Waals surface area contributed by atoms with Gasteiger partial charge >= 0.3 is 6.03 Å². The van der Waals surface area contributed by atoms with Gasteiger partial charge in [0.2, 0.25) is 5.91 Å². The van der Waals surface area contributed by atoms with Gasteiger partial charge in [-0.05, 0) is 51.1 Å². The lowest BCUT2D eigenvalue weighted by atomic mass is 9.83. The van der Waals surface area contributed by atoms with Gasteiger partial charge in [-0.1, -0.05) is 19.3 Å². The van der Waals surface area contributed by atoms with Crippen LogP contribution in [0.25, 0.3) is 0 Å². The molecule has 0 bridgehead atoms. The van der Waals surface area contributed by atoms with Crippen LogP contribution in [0.3, 0.4) is 0 Å². The van der Waals surface area contributed by atoms with E-state index in [9.17, 15) is 14.0 Å². The van der Waals surface area contributed by atoms with E-state index in [1.165, 1.54) is 44.2 Å². The molecule has 1 fully saturated rings. The van der Waals surface area contributed by atoms with Gasteiger partial charge in [0.25, 0.3) is 0 Å². The molecule has 0 aromatic heterocycles. The van der Waals surface area contributed by atoms with Crippen LogP contribution in [0.2, 0.25) is 0 Å². The van der Waals surface area contributed by atoms with Gasteiger partial charge in [-0.25, -0.2) is 9.18 Å². The smallest absolute Gasteiger partial charge is 0.319 e. The molecule has 1 aliphatic carbocycles. The standard InChI is InChI=1S/C18H27FN4O2/c1-23(2)16(12-6-4-3-5-7-12)11-21-18(25)22-15-10-13(17(20)24)8-9-14(15)19/h8-10,12,16H,3-7,11H2,1-2H3,(H2,20,24)(H2,21,22,25)/t16-/m1/s1. The number of carbonyl (C=O) groups excluding carboxylic acids is 2. The number of benzene rings is 1. The van der Waals surface area contributed by atoms with E-state index >= 15 is 0 Å². The highest BCUT2D eigenvalue weighted by molar-refractivity contribution is 5.96. The summed E-state index contributed by atoms with van der Waals surface area (Å²) in [5.74, 6) is -0.732. The van der Waals surface area contributed by atoms with E-state index in [4.69, 9.17) is 5.73 Å². The van der Waals surface area contributed by atoms with Gasteiger partial charge in [-0.2, -0.15) is 0 Å². The highest BCUT2D eigenvalue weighted by Gasteiger charge is 2.25. The molecule has 1 saturated carbocycles. The lowest BCUT2D eigenvalue weighted by Gasteiger charge is -2.34. The van der Waals surface area contributed by atoms with Crippen LogP contribution in [-0.4, -0.2) is 43.5 Å². The molecule has 138 valence electrons. The van der Waals surface area contributed by atoms with Crippen molar-refractivity contribution in [3.05, 3.63) is 29.6 Å². The van der Waals surface area contributed by atoms with Crippen LogP contribution >= 0.6 is 0 Å². The fourth-order valence-electron chi connectivity index (χ4n) is 3.43. The summed E-state index contributed by atoms with van der Waals surface area (Å²) in [4.78, 5) is 25.4. The van der Waals surface area contributed by atoms with Crippen molar-refractivity contribution < 1.29 is 14.0 Å². The normalized spacial score (nSPS) is 16.5. The Balaban J connectivity index is 1.95. The minimum Gasteiger partial charge on any atom is -0.366 e. The minimum atomic E-state index is -0.673. The zero-order valence-electron chi connectivity index (χ0n) is 14.8. The number of hydrogen-bond acceptors (Lipinski definition) is 3. The molecule has 0 spiro atoms. The van der Waals surface area contributed by atoms with Crippen LogP contribution in [0.15, 0.2) is 18.2 Å². The van der Waals surface area contributed by atoms with Gasteiger partial charge in [0.05, 0.1) is 5.69 Å². The molecule has 3 amide bonds. The van der Waals surface area contributed by atoms with Crippen molar-refractivity contribution in [2.24, 2.45) is 11.7 Å². The maximum absolute atomic E-state index is 13.8. The van der Waals surface area contributed by atoms with E-state index in [0.717, 1.165) is 6.07 Å². The van der Waals surface area contributed by atoms with Crippen molar-refractivity contribution >= 4 is 17.6 Å². The van der Waals surface area contributed by atoms with Crippen molar-refractivity contribution in [2.45, 2.75) is 38.1 Å². The fraction of sp³-hybridized carbons (Fsp3) is 0.556. The maximum Gasteiger partial charge on any atom is 0.319 e. The summed E-state index contributed by atoms with van der Waals surface area (Å²) in [6.07, 6.45) is 6.07. The number of amides is 3. The number of anilines is 1. The maximum atomic E-state index is 13.8. The van der Waals surface area contributed by atoms with E-state index in [0.29, 0.717) is 12.5 Å². The number of halogens is 1. The molecule has 25 heavy (non-hydrogen) atoms. The Hall–Kier alpha value is -2.15. The van der Waals surface area contributed by atoms with Crippen LogP contribution in [0, 0.1) is 11.7 Å². The molecule has 4 N–H and O–H groups in total. The first-order valence-electron chi connectivity index (χ1n) is 8.69. The number of nitrogens with two attached hydrogens (primary N) is 1. The second-order valence-electron chi connectivity index (χ2n) is 6.82. The minimum absolute atomic E-state index is 0.0622. The topological polar surface area (TPSA) is 87.5 Å². The molecule has 1 aromatic carbocycles. The largest absolute Gasteiger partial charge is 0.366 e. The Morgan fingerprint density at radius 1 is 1.28 bits per heavy atom. The van der Waals surface area contributed by atoms with E-state index in [1.807, 2.05) is 14.1 Å². The van der Waals surface area contributed by atoms with Crippen molar-refractivity contribution in [1.82, 2.24) is 10.2 Å². The number of rotatable bonds is 6. The molecule has 7 heteroatoms. The number of nitrogens with one attached hydrogen (secondary N) is 2. The van der Waals surface area contributed by atoms with Gasteiger partial charge < -0.3 is 21.3 Å². The molecule has 0 radical (unpaired) electrons. The lowest BCUT2D eigenvalue weighted by molar-refractivity contribution is 0.1000. The Kier molecular flexibility index (Phi) is 6.75. The molecule has 0 aliphatic heterocycles. The predicted octanol–water partition coefficient (Wildman–Crippen LogP) is 2.56. The van der Waals surface area contributed by atoms with Crippen molar-refractivity contribution in [3.8, 4) is 0 Å². The highest BCUT2D eigenvalue weighted by Crippen LogP contribution is 2.28. The third kappa shape index (κ3) is 5.42. The molecule has 2 rings (SSSR count). The summed E-state index contributed by atoms with van der Waals surface area (Å²) in [7, 11) is 4.02. The van der Waals surface area contributed by atoms with Gasteiger partial charge in [0.15, 0.2) is 0 Å². The van der Waals surface area contributed by atoms with Crippen LogP contribution in [-0.2, 0) is 0 Å². The van der Waals surface area contributed by atoms with Crippen LogP contribution in [0.5, 0.6) is 0 Å². The zero-order chi connectivity index (χ0) is 18.4. The molecule has 1 atom stereocenters. The van der Waals surface area contributed by atoms with E-state index in [2.05, 4.69) is 15.5 Å². The highest BCUT2D eigenvalue weighted by atomic mass is 19.1. The van der Waals surface area contributed by atoms with Crippen molar-refractivity contribution in [1.29, 1.82) is 0 Å². The van der Waals surface area contributed by atoms with Crippen molar-refractivity contribution in [3.63, 3.8) is 0 Å². The van der Waals surface area contributed by atoms with Gasteiger partial charge in [-0.15, -0.1) is 0 Å². The number of urea groups is 1. The average Bonchev–Trinajstić information content (AvgIpc) is 2.57. The molecule has 0 heterocycles. The van der Waals surface area contributed by atoms with Gasteiger partial charge in [0, 0.05) is 18.2 Å². The number of carbonyl (C=O) groups is 2. The summed E-state index contributed by atoms with van der Waals surface area (Å²) in [5.41, 5.74) is 5.26. The molecule has 6 nitrogen and oxygen atoms in total. The Morgan fingerprint density at radius 3 is 2.56 bits per heavy atom. The van der Waals surface area contributed by atoms with Gasteiger partial charge in [0.1, 0.15) is 5.82 Å². The Bertz CT molecular complexity index is 615. The summed E-state index contributed by atoms with van der Waals surface area (Å²) < 4.78 is 13.8. The summed E-state index contributed by atoms with van der Waals surface area (Å²) in [6, 6.07) is 3.38. The van der Waals surface area contributed by atoms with Crippen LogP contribution < -0.4 is 16.4 Å². The monoisotopic (exact) mass is 350 g/mol. The number of nitrogens with zero attached hydrogens (tertiary/aromatic N) is 1. The molecular formula is C18H27FN4O2. The predicted molar refractivity (Wildman–Crippen MR) is 96.0 cm³/mol. The second kappa shape index (κ2) is 8.80. The van der Waals surface area contributed by atoms with E-state index in [1.54, 1.807) is 0 Å². The molecule has 1 aliphatic rings. The van der Waals surface area contributed by atoms with E-state index < -0.39 is 17.8 Å². The number of primary amides is 1. The zero-order valence-corrected chi connectivity index (χ0v) is 14.8. The first-order valence-corrected chi connectivity index (χ1v) is 8.69. The summed E-state index contributed by atoms with van der Waals surface area (Å²) >= 11 is 0. The third-order valence-corrected chi connectivity index (χ3v) is 4.83.